The zero-order chi connectivity index (χ0) is 17.4. The minimum Gasteiger partial charge on any atom is -0.422 e. The molecular weight excluding hydrogens is 332 g/mol. The number of nitrogens with one attached hydrogen (secondary N) is 1. The molecule has 1 amide bonds. The average molecular weight is 349 g/mol. The van der Waals surface area contributed by atoms with Crippen LogP contribution >= 0.6 is 0 Å². The Hall–Kier alpha value is -2.48. The summed E-state index contributed by atoms with van der Waals surface area (Å²) in [4.78, 5) is 18.5. The van der Waals surface area contributed by atoms with Gasteiger partial charge in [0.05, 0.1) is 0 Å². The Kier molecular flexibility index (Phi) is 4.12. The Labute approximate surface area is 142 Å². The predicted molar refractivity (Wildman–Crippen MR) is 83.4 cm³/mol. The van der Waals surface area contributed by atoms with E-state index < -0.39 is 17.5 Å². The Bertz CT molecular complexity index is 787. The zero-order valence-corrected chi connectivity index (χ0v) is 13.4. The molecule has 0 saturated carbocycles. The van der Waals surface area contributed by atoms with Crippen molar-refractivity contribution in [3.05, 3.63) is 41.9 Å². The molecule has 3 fully saturated rings. The number of carbonyl (C=O) groups excluding carboxylic acids is 1. The van der Waals surface area contributed by atoms with Gasteiger partial charge in [-0.1, -0.05) is 0 Å². The number of oxazole rings is 1. The first-order chi connectivity index (χ1) is 12.1. The lowest BCUT2D eigenvalue weighted by molar-refractivity contribution is 0.0599. The molecule has 6 nitrogen and oxygen atoms in total. The Morgan fingerprint density at radius 1 is 1.32 bits per heavy atom. The number of aromatic nitrogens is 1. The lowest BCUT2D eigenvalue weighted by Gasteiger charge is -2.44. The van der Waals surface area contributed by atoms with Crippen molar-refractivity contribution in [2.24, 2.45) is 5.92 Å². The van der Waals surface area contributed by atoms with E-state index in [-0.39, 0.29) is 23.6 Å². The molecule has 3 aliphatic rings. The topological polar surface area (TPSA) is 67.6 Å². The van der Waals surface area contributed by atoms with Gasteiger partial charge in [-0.3, -0.25) is 4.79 Å². The van der Waals surface area contributed by atoms with Gasteiger partial charge in [0, 0.05) is 18.7 Å². The largest absolute Gasteiger partial charge is 0.422 e. The number of carbonyl (C=O) groups is 1. The van der Waals surface area contributed by atoms with Crippen LogP contribution in [0.1, 0.15) is 23.5 Å². The molecule has 8 heteroatoms. The number of benzene rings is 1. The first-order valence-electron chi connectivity index (χ1n) is 8.20. The summed E-state index contributed by atoms with van der Waals surface area (Å²) in [5, 5.41) is 2.95. The van der Waals surface area contributed by atoms with Crippen LogP contribution in [0.3, 0.4) is 0 Å². The van der Waals surface area contributed by atoms with Gasteiger partial charge in [-0.15, -0.1) is 0 Å². The molecule has 3 saturated heterocycles. The first-order valence-corrected chi connectivity index (χ1v) is 8.20. The van der Waals surface area contributed by atoms with Crippen LogP contribution in [-0.2, 0) is 0 Å². The van der Waals surface area contributed by atoms with Crippen LogP contribution in [0.4, 0.5) is 8.78 Å². The molecule has 3 aliphatic heterocycles. The third-order valence-electron chi connectivity index (χ3n) is 4.76. The van der Waals surface area contributed by atoms with Crippen molar-refractivity contribution >= 4 is 5.91 Å². The smallest absolute Gasteiger partial charge is 0.311 e. The van der Waals surface area contributed by atoms with Gasteiger partial charge in [0.25, 0.3) is 5.89 Å². The molecule has 2 bridgehead atoms. The van der Waals surface area contributed by atoms with Crippen molar-refractivity contribution in [2.75, 3.05) is 19.6 Å². The molecule has 1 N–H and O–H groups in total. The van der Waals surface area contributed by atoms with E-state index in [0.29, 0.717) is 12.0 Å². The molecule has 4 heterocycles. The molecule has 1 unspecified atom stereocenters. The highest BCUT2D eigenvalue weighted by molar-refractivity contribution is 5.89. The fourth-order valence-electron chi connectivity index (χ4n) is 3.44. The van der Waals surface area contributed by atoms with Crippen LogP contribution in [0, 0.1) is 17.6 Å². The summed E-state index contributed by atoms with van der Waals surface area (Å²) < 4.78 is 36.9. The highest BCUT2D eigenvalue weighted by atomic mass is 19.1. The van der Waals surface area contributed by atoms with E-state index in [1.54, 1.807) is 0 Å². The molecule has 1 atom stereocenters. The van der Waals surface area contributed by atoms with Gasteiger partial charge in [0.2, 0.25) is 0 Å². The summed E-state index contributed by atoms with van der Waals surface area (Å²) in [6.07, 6.45) is 3.34. The monoisotopic (exact) mass is 349 g/mol. The SMILES string of the molecule is O=C(NC1CN2CCC1CC2)c1ncc(Oc2ccc(F)cc2F)o1. The molecule has 25 heavy (non-hydrogen) atoms. The Morgan fingerprint density at radius 3 is 2.80 bits per heavy atom. The van der Waals surface area contributed by atoms with Gasteiger partial charge in [-0.2, -0.15) is 0 Å². The maximum atomic E-state index is 13.6. The number of hydrogen-bond acceptors (Lipinski definition) is 5. The molecule has 0 radical (unpaired) electrons. The lowest BCUT2D eigenvalue weighted by Crippen LogP contribution is -2.57. The first kappa shape index (κ1) is 16.0. The zero-order valence-electron chi connectivity index (χ0n) is 13.4. The Morgan fingerprint density at radius 2 is 2.12 bits per heavy atom. The third-order valence-corrected chi connectivity index (χ3v) is 4.76. The van der Waals surface area contributed by atoms with E-state index in [4.69, 9.17) is 9.15 Å². The van der Waals surface area contributed by atoms with Gasteiger partial charge < -0.3 is 19.4 Å². The van der Waals surface area contributed by atoms with Crippen LogP contribution in [0.2, 0.25) is 0 Å². The van der Waals surface area contributed by atoms with E-state index in [9.17, 15) is 13.6 Å². The quantitative estimate of drug-likeness (QED) is 0.919. The summed E-state index contributed by atoms with van der Waals surface area (Å²) >= 11 is 0. The van der Waals surface area contributed by atoms with Crippen LogP contribution in [0.25, 0.3) is 0 Å². The maximum absolute atomic E-state index is 13.6. The van der Waals surface area contributed by atoms with Crippen molar-refractivity contribution in [3.8, 4) is 11.7 Å². The normalized spacial score (nSPS) is 25.0. The van der Waals surface area contributed by atoms with Crippen molar-refractivity contribution in [1.29, 1.82) is 0 Å². The van der Waals surface area contributed by atoms with Gasteiger partial charge in [0.1, 0.15) is 12.0 Å². The van der Waals surface area contributed by atoms with Crippen molar-refractivity contribution in [3.63, 3.8) is 0 Å². The van der Waals surface area contributed by atoms with E-state index in [0.717, 1.165) is 44.6 Å². The van der Waals surface area contributed by atoms with Crippen LogP contribution in [0.15, 0.2) is 28.8 Å². The van der Waals surface area contributed by atoms with Gasteiger partial charge in [-0.25, -0.2) is 13.8 Å². The molecule has 1 aromatic heterocycles. The van der Waals surface area contributed by atoms with Crippen molar-refractivity contribution < 1.29 is 22.7 Å². The minimum absolute atomic E-state index is 0.0841. The second kappa shape index (κ2) is 6.44. The summed E-state index contributed by atoms with van der Waals surface area (Å²) in [6.45, 7) is 3.00. The van der Waals surface area contributed by atoms with E-state index in [1.165, 1.54) is 6.20 Å². The minimum atomic E-state index is -0.866. The summed E-state index contributed by atoms with van der Waals surface area (Å²) in [5.41, 5.74) is 0. The molecule has 5 rings (SSSR count). The van der Waals surface area contributed by atoms with Crippen LogP contribution < -0.4 is 10.1 Å². The van der Waals surface area contributed by atoms with Gasteiger partial charge >= 0.3 is 11.9 Å². The number of fused-ring (bicyclic) bond motifs is 3. The van der Waals surface area contributed by atoms with Gasteiger partial charge in [-0.05, 0) is 44.0 Å². The second-order valence-corrected chi connectivity index (χ2v) is 6.38. The molecule has 132 valence electrons. The predicted octanol–water partition coefficient (Wildman–Crippen LogP) is 2.57. The molecule has 1 aromatic carbocycles. The molecule has 0 spiro atoms. The van der Waals surface area contributed by atoms with Crippen molar-refractivity contribution in [2.45, 2.75) is 18.9 Å². The second-order valence-electron chi connectivity index (χ2n) is 6.38. The van der Waals surface area contributed by atoms with E-state index >= 15 is 0 Å². The van der Waals surface area contributed by atoms with Crippen LogP contribution in [-0.4, -0.2) is 41.5 Å². The molecule has 2 aromatic rings. The number of hydrogen-bond donors (Lipinski definition) is 1. The number of halogens is 2. The average Bonchev–Trinajstić information content (AvgIpc) is 3.07. The molecular formula is C17H17F2N3O3. The van der Waals surface area contributed by atoms with Gasteiger partial charge in [0.15, 0.2) is 11.6 Å². The maximum Gasteiger partial charge on any atom is 0.311 e. The fourth-order valence-corrected chi connectivity index (χ4v) is 3.44. The number of piperidine rings is 3. The van der Waals surface area contributed by atoms with Crippen molar-refractivity contribution in [1.82, 2.24) is 15.2 Å². The summed E-state index contributed by atoms with van der Waals surface area (Å²) in [6, 6.07) is 2.99. The van der Waals surface area contributed by atoms with Crippen LogP contribution in [0.5, 0.6) is 11.7 Å². The Balaban J connectivity index is 1.41. The highest BCUT2D eigenvalue weighted by Crippen LogP contribution is 2.28. The lowest BCUT2D eigenvalue weighted by atomic mass is 9.84. The van der Waals surface area contributed by atoms with E-state index in [2.05, 4.69) is 15.2 Å². The number of rotatable bonds is 4. The summed E-state index contributed by atoms with van der Waals surface area (Å²) in [7, 11) is 0. The third kappa shape index (κ3) is 3.34. The fraction of sp³-hybridized carbons (Fsp3) is 0.412. The number of nitrogens with zero attached hydrogens (tertiary/aromatic N) is 2. The molecule has 0 aliphatic carbocycles. The summed E-state index contributed by atoms with van der Waals surface area (Å²) in [5.74, 6) is -2.00. The number of amides is 1. The highest BCUT2D eigenvalue weighted by Gasteiger charge is 2.35. The number of ether oxygens (including phenoxy) is 1. The van der Waals surface area contributed by atoms with E-state index in [1.807, 2.05) is 0 Å². The standard InChI is InChI=1S/C17H17F2N3O3/c18-11-1-2-14(12(19)7-11)24-15-8-20-17(25-15)16(23)21-13-9-22-5-3-10(13)4-6-22/h1-2,7-8,10,13H,3-6,9H2,(H,21,23).